The number of aliphatic hydroxyl groups excluding tert-OH is 1. The molecule has 0 radical (unpaired) electrons. The van der Waals surface area contributed by atoms with E-state index in [9.17, 15) is 13.9 Å². The van der Waals surface area contributed by atoms with E-state index in [-0.39, 0.29) is 18.8 Å². The SMILES string of the molecule is OC(CNc1cc(C(F)F)nc2ccc(Cl)cc12)Cn1ccnn1. The number of benzene rings is 1. The summed E-state index contributed by atoms with van der Waals surface area (Å²) in [7, 11) is 0. The van der Waals surface area contributed by atoms with Gasteiger partial charge in [-0.3, -0.25) is 0 Å². The molecule has 1 atom stereocenters. The van der Waals surface area contributed by atoms with E-state index < -0.39 is 12.5 Å². The Kier molecular flexibility index (Phi) is 4.86. The summed E-state index contributed by atoms with van der Waals surface area (Å²) in [5.74, 6) is 0. The van der Waals surface area contributed by atoms with E-state index in [0.29, 0.717) is 21.6 Å². The number of hydrogen-bond acceptors (Lipinski definition) is 5. The van der Waals surface area contributed by atoms with Gasteiger partial charge < -0.3 is 10.4 Å². The topological polar surface area (TPSA) is 75.9 Å². The van der Waals surface area contributed by atoms with E-state index in [0.717, 1.165) is 0 Å². The van der Waals surface area contributed by atoms with Crippen LogP contribution in [-0.4, -0.2) is 37.7 Å². The minimum absolute atomic E-state index is 0.147. The fourth-order valence-corrected chi connectivity index (χ4v) is 2.49. The fourth-order valence-electron chi connectivity index (χ4n) is 2.31. The summed E-state index contributed by atoms with van der Waals surface area (Å²) in [5.41, 5.74) is 0.513. The number of aliphatic hydroxyl groups is 1. The monoisotopic (exact) mass is 353 g/mol. The van der Waals surface area contributed by atoms with E-state index in [1.807, 2.05) is 0 Å². The van der Waals surface area contributed by atoms with Gasteiger partial charge in [0.2, 0.25) is 0 Å². The first-order chi connectivity index (χ1) is 11.5. The maximum absolute atomic E-state index is 13.0. The molecule has 0 aliphatic rings. The van der Waals surface area contributed by atoms with Crippen molar-refractivity contribution in [3.8, 4) is 0 Å². The minimum atomic E-state index is -2.69. The van der Waals surface area contributed by atoms with Crippen LogP contribution in [0.2, 0.25) is 5.02 Å². The molecule has 3 aromatic rings. The lowest BCUT2D eigenvalue weighted by Crippen LogP contribution is -2.25. The van der Waals surface area contributed by atoms with Crippen LogP contribution in [0.1, 0.15) is 12.1 Å². The quantitative estimate of drug-likeness (QED) is 0.712. The minimum Gasteiger partial charge on any atom is -0.389 e. The van der Waals surface area contributed by atoms with E-state index in [2.05, 4.69) is 20.6 Å². The maximum atomic E-state index is 13.0. The molecular formula is C15H14ClF2N5O. The van der Waals surface area contributed by atoms with Gasteiger partial charge >= 0.3 is 0 Å². The molecule has 24 heavy (non-hydrogen) atoms. The van der Waals surface area contributed by atoms with Crippen molar-refractivity contribution in [3.63, 3.8) is 0 Å². The van der Waals surface area contributed by atoms with Gasteiger partial charge in [0.1, 0.15) is 5.69 Å². The van der Waals surface area contributed by atoms with Crippen LogP contribution >= 0.6 is 11.6 Å². The first-order valence-electron chi connectivity index (χ1n) is 7.17. The molecule has 0 bridgehead atoms. The predicted molar refractivity (Wildman–Crippen MR) is 86.2 cm³/mol. The first-order valence-corrected chi connectivity index (χ1v) is 7.55. The molecule has 0 amide bonds. The Balaban J connectivity index is 1.82. The van der Waals surface area contributed by atoms with Crippen molar-refractivity contribution in [3.05, 3.63) is 47.4 Å². The number of anilines is 1. The number of alkyl halides is 2. The van der Waals surface area contributed by atoms with Crippen molar-refractivity contribution in [1.82, 2.24) is 20.0 Å². The van der Waals surface area contributed by atoms with Crippen molar-refractivity contribution < 1.29 is 13.9 Å². The lowest BCUT2D eigenvalue weighted by molar-refractivity contribution is 0.146. The Morgan fingerprint density at radius 1 is 1.29 bits per heavy atom. The summed E-state index contributed by atoms with van der Waals surface area (Å²) in [6.45, 7) is 0.382. The third-order valence-corrected chi connectivity index (χ3v) is 3.65. The second-order valence-corrected chi connectivity index (χ2v) is 5.65. The highest BCUT2D eigenvalue weighted by atomic mass is 35.5. The summed E-state index contributed by atoms with van der Waals surface area (Å²) in [6.07, 6.45) is -0.331. The lowest BCUT2D eigenvalue weighted by atomic mass is 10.1. The molecule has 126 valence electrons. The van der Waals surface area contributed by atoms with Crippen molar-refractivity contribution in [2.75, 3.05) is 11.9 Å². The zero-order chi connectivity index (χ0) is 17.1. The third-order valence-electron chi connectivity index (χ3n) is 3.41. The Morgan fingerprint density at radius 2 is 2.12 bits per heavy atom. The van der Waals surface area contributed by atoms with Crippen LogP contribution in [-0.2, 0) is 6.54 Å². The summed E-state index contributed by atoms with van der Waals surface area (Å²) < 4.78 is 27.5. The summed E-state index contributed by atoms with van der Waals surface area (Å²) in [4.78, 5) is 3.93. The van der Waals surface area contributed by atoms with E-state index in [1.165, 1.54) is 16.9 Å². The number of hydrogen-bond donors (Lipinski definition) is 2. The molecule has 2 N–H and O–H groups in total. The van der Waals surface area contributed by atoms with Gasteiger partial charge in [-0.1, -0.05) is 16.8 Å². The predicted octanol–water partition coefficient (Wildman–Crippen LogP) is 2.89. The molecule has 9 heteroatoms. The number of fused-ring (bicyclic) bond motifs is 1. The largest absolute Gasteiger partial charge is 0.389 e. The van der Waals surface area contributed by atoms with E-state index in [1.54, 1.807) is 24.4 Å². The van der Waals surface area contributed by atoms with Gasteiger partial charge in [0, 0.05) is 28.8 Å². The Labute approximate surface area is 141 Å². The third kappa shape index (κ3) is 3.77. The summed E-state index contributed by atoms with van der Waals surface area (Å²) in [5, 5.41) is 21.5. The number of nitrogens with one attached hydrogen (secondary N) is 1. The molecule has 6 nitrogen and oxygen atoms in total. The average molecular weight is 354 g/mol. The van der Waals surface area contributed by atoms with Crippen LogP contribution in [0.15, 0.2) is 36.7 Å². The summed E-state index contributed by atoms with van der Waals surface area (Å²) >= 11 is 5.98. The number of pyridine rings is 1. The molecule has 0 spiro atoms. The second-order valence-electron chi connectivity index (χ2n) is 5.22. The van der Waals surface area contributed by atoms with Gasteiger partial charge in [-0.25, -0.2) is 18.4 Å². The van der Waals surface area contributed by atoms with Gasteiger partial charge in [0.15, 0.2) is 0 Å². The Bertz CT molecular complexity index is 828. The zero-order valence-electron chi connectivity index (χ0n) is 12.4. The van der Waals surface area contributed by atoms with Crippen molar-refractivity contribution in [2.24, 2.45) is 0 Å². The van der Waals surface area contributed by atoms with Gasteiger partial charge in [0.05, 0.1) is 24.4 Å². The molecule has 0 aliphatic heterocycles. The average Bonchev–Trinajstić information content (AvgIpc) is 3.05. The normalized spacial score (nSPS) is 12.7. The van der Waals surface area contributed by atoms with Crippen LogP contribution < -0.4 is 5.32 Å². The highest BCUT2D eigenvalue weighted by molar-refractivity contribution is 6.31. The van der Waals surface area contributed by atoms with Gasteiger partial charge in [-0.2, -0.15) is 0 Å². The molecule has 1 unspecified atom stereocenters. The van der Waals surface area contributed by atoms with Crippen LogP contribution in [0.3, 0.4) is 0 Å². The second kappa shape index (κ2) is 7.06. The standard InChI is InChI=1S/C15H14ClF2N5O/c16-9-1-2-12-11(5-9)13(6-14(21-12)15(17)18)19-7-10(24)8-23-4-3-20-22-23/h1-6,10,15,24H,7-8H2,(H,19,21). The van der Waals surface area contributed by atoms with E-state index in [4.69, 9.17) is 11.6 Å². The number of aromatic nitrogens is 4. The van der Waals surface area contributed by atoms with Crippen molar-refractivity contribution in [2.45, 2.75) is 19.1 Å². The van der Waals surface area contributed by atoms with Crippen molar-refractivity contribution >= 4 is 28.2 Å². The van der Waals surface area contributed by atoms with Crippen LogP contribution in [0.5, 0.6) is 0 Å². The van der Waals surface area contributed by atoms with Gasteiger partial charge in [0.25, 0.3) is 6.43 Å². The van der Waals surface area contributed by atoms with Crippen LogP contribution in [0, 0.1) is 0 Å². The Hall–Kier alpha value is -2.32. The molecule has 0 fully saturated rings. The Morgan fingerprint density at radius 3 is 2.83 bits per heavy atom. The van der Waals surface area contributed by atoms with Crippen LogP contribution in [0.4, 0.5) is 14.5 Å². The molecule has 0 aliphatic carbocycles. The highest BCUT2D eigenvalue weighted by Crippen LogP contribution is 2.29. The highest BCUT2D eigenvalue weighted by Gasteiger charge is 2.14. The zero-order valence-corrected chi connectivity index (χ0v) is 13.2. The van der Waals surface area contributed by atoms with E-state index >= 15 is 0 Å². The molecule has 3 rings (SSSR count). The summed E-state index contributed by atoms with van der Waals surface area (Å²) in [6, 6.07) is 6.09. The number of halogens is 3. The fraction of sp³-hybridized carbons (Fsp3) is 0.267. The molecule has 1 aromatic carbocycles. The molecule has 2 heterocycles. The van der Waals surface area contributed by atoms with Gasteiger partial charge in [-0.15, -0.1) is 5.10 Å². The lowest BCUT2D eigenvalue weighted by Gasteiger charge is -2.15. The molecular weight excluding hydrogens is 340 g/mol. The smallest absolute Gasteiger partial charge is 0.280 e. The maximum Gasteiger partial charge on any atom is 0.280 e. The van der Waals surface area contributed by atoms with Crippen LogP contribution in [0.25, 0.3) is 10.9 Å². The number of nitrogens with zero attached hydrogens (tertiary/aromatic N) is 4. The first kappa shape index (κ1) is 16.5. The molecule has 0 saturated heterocycles. The number of rotatable bonds is 6. The molecule has 0 saturated carbocycles. The van der Waals surface area contributed by atoms with Crippen molar-refractivity contribution in [1.29, 1.82) is 0 Å². The van der Waals surface area contributed by atoms with Gasteiger partial charge in [-0.05, 0) is 24.3 Å². The molecule has 2 aromatic heterocycles.